The van der Waals surface area contributed by atoms with Crippen LogP contribution >= 0.6 is 0 Å². The van der Waals surface area contributed by atoms with Crippen LogP contribution in [-0.2, 0) is 0 Å². The second-order valence-corrected chi connectivity index (χ2v) is 5.78. The maximum atomic E-state index is 12.6. The van der Waals surface area contributed by atoms with Gasteiger partial charge in [-0.15, -0.1) is 0 Å². The standard InChI is InChI=1S/C16H19NO3/c18-15(12-6-8-13(9-7-12)16(19)20)17-10-2-4-11-3-1-5-14(11)17/h6-9,11,14H,1-5,10H2,(H,19,20). The molecule has 1 aromatic carbocycles. The van der Waals surface area contributed by atoms with Gasteiger partial charge in [-0.1, -0.05) is 6.42 Å². The lowest BCUT2D eigenvalue weighted by atomic mass is 9.91. The first kappa shape index (κ1) is 13.2. The summed E-state index contributed by atoms with van der Waals surface area (Å²) >= 11 is 0. The minimum atomic E-state index is -0.960. The fraction of sp³-hybridized carbons (Fsp3) is 0.500. The Morgan fingerprint density at radius 1 is 1.00 bits per heavy atom. The molecule has 2 atom stereocenters. The molecule has 1 saturated heterocycles. The topological polar surface area (TPSA) is 57.6 Å². The molecule has 0 spiro atoms. The molecular weight excluding hydrogens is 254 g/mol. The summed E-state index contributed by atoms with van der Waals surface area (Å²) in [6.45, 7) is 0.834. The van der Waals surface area contributed by atoms with E-state index < -0.39 is 5.97 Å². The first-order chi connectivity index (χ1) is 9.66. The van der Waals surface area contributed by atoms with Crippen LogP contribution in [0.5, 0.6) is 0 Å². The zero-order chi connectivity index (χ0) is 14.1. The van der Waals surface area contributed by atoms with Crippen molar-refractivity contribution in [3.05, 3.63) is 35.4 Å². The highest BCUT2D eigenvalue weighted by Gasteiger charge is 2.37. The van der Waals surface area contributed by atoms with Crippen LogP contribution in [0.15, 0.2) is 24.3 Å². The van der Waals surface area contributed by atoms with Crippen molar-refractivity contribution in [2.24, 2.45) is 5.92 Å². The van der Waals surface area contributed by atoms with E-state index in [1.54, 1.807) is 12.1 Å². The lowest BCUT2D eigenvalue weighted by molar-refractivity contribution is 0.0547. The molecule has 106 valence electrons. The number of carbonyl (C=O) groups excluding carboxylic acids is 1. The number of carboxylic acids is 1. The van der Waals surface area contributed by atoms with E-state index in [1.807, 2.05) is 4.90 Å². The number of aromatic carboxylic acids is 1. The largest absolute Gasteiger partial charge is 0.478 e. The average Bonchev–Trinajstić information content (AvgIpc) is 2.95. The molecule has 4 nitrogen and oxygen atoms in total. The van der Waals surface area contributed by atoms with E-state index in [4.69, 9.17) is 5.11 Å². The molecule has 1 aliphatic heterocycles. The second-order valence-electron chi connectivity index (χ2n) is 5.78. The summed E-state index contributed by atoms with van der Waals surface area (Å²) in [5, 5.41) is 8.89. The maximum Gasteiger partial charge on any atom is 0.335 e. The number of nitrogens with zero attached hydrogens (tertiary/aromatic N) is 1. The van der Waals surface area contributed by atoms with Crippen molar-refractivity contribution in [1.82, 2.24) is 4.90 Å². The van der Waals surface area contributed by atoms with E-state index >= 15 is 0 Å². The molecule has 20 heavy (non-hydrogen) atoms. The number of fused-ring (bicyclic) bond motifs is 1. The first-order valence-electron chi connectivity index (χ1n) is 7.31. The SMILES string of the molecule is O=C(O)c1ccc(C(=O)N2CCCC3CCCC32)cc1. The summed E-state index contributed by atoms with van der Waals surface area (Å²) in [6, 6.07) is 6.67. The number of carboxylic acid groups (broad SMARTS) is 1. The average molecular weight is 273 g/mol. The highest BCUT2D eigenvalue weighted by Crippen LogP contribution is 2.37. The molecule has 1 saturated carbocycles. The van der Waals surface area contributed by atoms with Crippen LogP contribution in [-0.4, -0.2) is 34.5 Å². The Morgan fingerprint density at radius 2 is 1.65 bits per heavy atom. The number of hydrogen-bond donors (Lipinski definition) is 1. The lowest BCUT2D eigenvalue weighted by Gasteiger charge is -2.37. The van der Waals surface area contributed by atoms with Crippen LogP contribution in [0.2, 0.25) is 0 Å². The van der Waals surface area contributed by atoms with Gasteiger partial charge in [-0.25, -0.2) is 4.79 Å². The van der Waals surface area contributed by atoms with Crippen molar-refractivity contribution in [3.8, 4) is 0 Å². The van der Waals surface area contributed by atoms with Crippen LogP contribution in [0, 0.1) is 5.92 Å². The Hall–Kier alpha value is -1.84. The predicted octanol–water partition coefficient (Wildman–Crippen LogP) is 2.79. The molecule has 1 N–H and O–H groups in total. The van der Waals surface area contributed by atoms with Gasteiger partial charge >= 0.3 is 5.97 Å². The normalized spacial score (nSPS) is 25.3. The van der Waals surface area contributed by atoms with E-state index in [1.165, 1.54) is 31.4 Å². The number of carbonyl (C=O) groups is 2. The molecule has 1 aromatic rings. The third-order valence-corrected chi connectivity index (χ3v) is 4.63. The molecular formula is C16H19NO3. The maximum absolute atomic E-state index is 12.6. The molecule has 0 bridgehead atoms. The van der Waals surface area contributed by atoms with E-state index in [2.05, 4.69) is 0 Å². The quantitative estimate of drug-likeness (QED) is 0.901. The minimum absolute atomic E-state index is 0.0542. The molecule has 2 unspecified atom stereocenters. The van der Waals surface area contributed by atoms with Crippen LogP contribution in [0.3, 0.4) is 0 Å². The van der Waals surface area contributed by atoms with Crippen LogP contribution in [0.1, 0.15) is 52.8 Å². The van der Waals surface area contributed by atoms with Gasteiger partial charge in [0.2, 0.25) is 0 Å². The lowest BCUT2D eigenvalue weighted by Crippen LogP contribution is -2.46. The summed E-state index contributed by atoms with van der Waals surface area (Å²) in [5.74, 6) is -0.234. The smallest absolute Gasteiger partial charge is 0.335 e. The Morgan fingerprint density at radius 3 is 2.35 bits per heavy atom. The van der Waals surface area contributed by atoms with Crippen molar-refractivity contribution >= 4 is 11.9 Å². The molecule has 0 radical (unpaired) electrons. The van der Waals surface area contributed by atoms with Crippen molar-refractivity contribution in [2.75, 3.05) is 6.54 Å². The zero-order valence-electron chi connectivity index (χ0n) is 11.4. The van der Waals surface area contributed by atoms with Crippen molar-refractivity contribution in [1.29, 1.82) is 0 Å². The molecule has 2 fully saturated rings. The van der Waals surface area contributed by atoms with Gasteiger partial charge in [-0.2, -0.15) is 0 Å². The van der Waals surface area contributed by atoms with E-state index in [0.717, 1.165) is 19.4 Å². The molecule has 3 rings (SSSR count). The first-order valence-corrected chi connectivity index (χ1v) is 7.31. The fourth-order valence-corrected chi connectivity index (χ4v) is 3.63. The molecule has 1 amide bonds. The number of likely N-dealkylation sites (tertiary alicyclic amines) is 1. The number of piperidine rings is 1. The fourth-order valence-electron chi connectivity index (χ4n) is 3.63. The summed E-state index contributed by atoms with van der Waals surface area (Å²) in [6.07, 6.45) is 5.90. The van der Waals surface area contributed by atoms with Crippen LogP contribution in [0.25, 0.3) is 0 Å². The van der Waals surface area contributed by atoms with Gasteiger partial charge in [0.05, 0.1) is 5.56 Å². The van der Waals surface area contributed by atoms with Crippen molar-refractivity contribution in [2.45, 2.75) is 38.1 Å². The molecule has 1 heterocycles. The van der Waals surface area contributed by atoms with Gasteiger partial charge in [0, 0.05) is 18.2 Å². The number of benzene rings is 1. The van der Waals surface area contributed by atoms with Gasteiger partial charge in [0.1, 0.15) is 0 Å². The third kappa shape index (κ3) is 2.30. The van der Waals surface area contributed by atoms with E-state index in [-0.39, 0.29) is 11.5 Å². The van der Waals surface area contributed by atoms with Gasteiger partial charge < -0.3 is 10.0 Å². The monoisotopic (exact) mass is 273 g/mol. The number of hydrogen-bond acceptors (Lipinski definition) is 2. The second kappa shape index (κ2) is 5.27. The summed E-state index contributed by atoms with van der Waals surface area (Å²) < 4.78 is 0. The molecule has 4 heteroatoms. The Kier molecular flexibility index (Phi) is 3.47. The number of amides is 1. The van der Waals surface area contributed by atoms with Crippen LogP contribution in [0.4, 0.5) is 0 Å². The Balaban J connectivity index is 1.79. The van der Waals surface area contributed by atoms with Gasteiger partial charge in [0.25, 0.3) is 5.91 Å². The Bertz CT molecular complexity index is 523. The highest BCUT2D eigenvalue weighted by molar-refractivity contribution is 5.96. The van der Waals surface area contributed by atoms with Gasteiger partial charge in [0.15, 0.2) is 0 Å². The van der Waals surface area contributed by atoms with Crippen molar-refractivity contribution < 1.29 is 14.7 Å². The third-order valence-electron chi connectivity index (χ3n) is 4.63. The minimum Gasteiger partial charge on any atom is -0.478 e. The number of rotatable bonds is 2. The van der Waals surface area contributed by atoms with E-state index in [9.17, 15) is 9.59 Å². The molecule has 1 aliphatic carbocycles. The summed E-state index contributed by atoms with van der Waals surface area (Å²) in [7, 11) is 0. The predicted molar refractivity (Wildman–Crippen MR) is 74.8 cm³/mol. The molecule has 0 aromatic heterocycles. The molecule has 2 aliphatic rings. The van der Waals surface area contributed by atoms with Crippen LogP contribution < -0.4 is 0 Å². The highest BCUT2D eigenvalue weighted by atomic mass is 16.4. The van der Waals surface area contributed by atoms with Gasteiger partial charge in [-0.05, 0) is 55.9 Å². The Labute approximate surface area is 118 Å². The summed E-state index contributed by atoms with van der Waals surface area (Å²) in [4.78, 5) is 25.5. The summed E-state index contributed by atoms with van der Waals surface area (Å²) in [5.41, 5.74) is 0.821. The van der Waals surface area contributed by atoms with Crippen molar-refractivity contribution in [3.63, 3.8) is 0 Å². The zero-order valence-corrected chi connectivity index (χ0v) is 11.4. The van der Waals surface area contributed by atoms with E-state index in [0.29, 0.717) is 17.5 Å². The van der Waals surface area contributed by atoms with Gasteiger partial charge in [-0.3, -0.25) is 4.79 Å².